The molecule has 4 rings (SSSR count). The van der Waals surface area contributed by atoms with Crippen LogP contribution in [-0.4, -0.2) is 239 Å². The minimum atomic E-state index is -0.500. The lowest BCUT2D eigenvalue weighted by atomic mass is 10.1. The molecule has 3 aliphatic rings. The van der Waals surface area contributed by atoms with Gasteiger partial charge in [0.25, 0.3) is 23.6 Å². The molecule has 1 aromatic heterocycles. The van der Waals surface area contributed by atoms with Gasteiger partial charge in [0.1, 0.15) is 12.4 Å². The van der Waals surface area contributed by atoms with Crippen molar-refractivity contribution in [3.8, 4) is 0 Å². The van der Waals surface area contributed by atoms with Gasteiger partial charge in [0.2, 0.25) is 11.8 Å². The lowest BCUT2D eigenvalue weighted by molar-refractivity contribution is -0.180. The Bertz CT molecular complexity index is 1970. The minimum Gasteiger partial charge on any atom is -0.387 e. The number of nitrogens with zero attached hydrogens (tertiary/aromatic N) is 5. The van der Waals surface area contributed by atoms with Crippen LogP contribution in [0.25, 0.3) is 6.08 Å². The highest BCUT2D eigenvalue weighted by atomic mass is 16.7. The summed E-state index contributed by atoms with van der Waals surface area (Å²) in [5, 5.41) is 6.87. The highest BCUT2D eigenvalue weighted by Crippen LogP contribution is 2.28. The Morgan fingerprint density at radius 1 is 0.693 bits per heavy atom. The minimum absolute atomic E-state index is 0.112. The molecule has 0 aromatic carbocycles. The summed E-state index contributed by atoms with van der Waals surface area (Å²) in [6.45, 7) is 14.0. The molecule has 25 nitrogen and oxygen atoms in total. The molecule has 1 saturated heterocycles. The normalized spacial score (nSPS) is 15.3. The second-order valence-corrected chi connectivity index (χ2v) is 16.9. The fraction of sp³-hybridized carbons (Fsp3) is 0.680. The molecule has 0 saturated carbocycles. The molecule has 3 aliphatic heterocycles. The number of aliphatic imine (C=N–C) groups is 1. The number of likely N-dealkylation sites (tertiary alicyclic amines) is 1. The number of imide groups is 1. The van der Waals surface area contributed by atoms with E-state index in [0.717, 1.165) is 29.9 Å². The topological polar surface area (TPSA) is 289 Å². The first-order valence-electron chi connectivity index (χ1n) is 25.7. The predicted octanol–water partition coefficient (Wildman–Crippen LogP) is 0.223. The number of ether oxygens (including phenoxy) is 10. The van der Waals surface area contributed by atoms with Crippen LogP contribution in [0.1, 0.15) is 55.6 Å². The molecule has 0 aliphatic carbocycles. The smallest absolute Gasteiger partial charge is 0.273 e. The van der Waals surface area contributed by atoms with Gasteiger partial charge in [0.05, 0.1) is 156 Å². The summed E-state index contributed by atoms with van der Waals surface area (Å²) in [6, 6.07) is 1.65. The van der Waals surface area contributed by atoms with Crippen LogP contribution < -0.4 is 16.4 Å². The fourth-order valence-electron chi connectivity index (χ4n) is 7.28. The summed E-state index contributed by atoms with van der Waals surface area (Å²) >= 11 is 0. The van der Waals surface area contributed by atoms with Crippen molar-refractivity contribution in [2.45, 2.75) is 39.5 Å². The number of nitrogens with two attached hydrogens (primary N) is 1. The zero-order chi connectivity index (χ0) is 53.7. The Morgan fingerprint density at radius 3 is 1.71 bits per heavy atom. The zero-order valence-electron chi connectivity index (χ0n) is 43.6. The molecule has 420 valence electrons. The van der Waals surface area contributed by atoms with Gasteiger partial charge in [-0.25, -0.2) is 10.1 Å². The van der Waals surface area contributed by atoms with E-state index in [2.05, 4.69) is 20.6 Å². The molecule has 0 spiro atoms. The molecule has 25 heteroatoms. The maximum absolute atomic E-state index is 13.4. The van der Waals surface area contributed by atoms with Crippen LogP contribution in [0.3, 0.4) is 0 Å². The monoisotopic (exact) mass is 1060 g/mol. The van der Waals surface area contributed by atoms with E-state index in [0.29, 0.717) is 174 Å². The van der Waals surface area contributed by atoms with Gasteiger partial charge in [-0.15, -0.1) is 0 Å². The van der Waals surface area contributed by atoms with E-state index in [1.54, 1.807) is 17.0 Å². The number of aromatic nitrogens is 1. The van der Waals surface area contributed by atoms with Crippen LogP contribution in [-0.2, 0) is 76.2 Å². The number of amides is 6. The standard InChI is InChI=1S/C50H78N8O17/c1-3-10-58(75-4-2)50(64)40-32-42-43(55-44(51)34-40)33-41(36-53-42)49(63)56-11-7-39(37-56)35-54-45(59)8-12-65-14-16-67-18-20-69-22-24-71-26-28-73-30-31-74-29-27-72-25-23-70-21-19-68-17-15-66-13-9-52-46(60)38-57-47(61)5-6-48(57)62/h5-6,32-33,36,39H,3-4,7-31,34-35,37-38H2,1-2H3,(H2,51,55)(H,52,60)(H,54,59)/t39-/m1/s1. The summed E-state index contributed by atoms with van der Waals surface area (Å²) in [4.78, 5) is 90.9. The van der Waals surface area contributed by atoms with E-state index in [9.17, 15) is 28.8 Å². The largest absolute Gasteiger partial charge is 0.387 e. The van der Waals surface area contributed by atoms with Gasteiger partial charge in [0.15, 0.2) is 0 Å². The molecule has 0 bridgehead atoms. The first-order chi connectivity index (χ1) is 36.6. The number of carbonyl (C=O) groups is 6. The van der Waals surface area contributed by atoms with E-state index in [1.807, 2.05) is 13.8 Å². The van der Waals surface area contributed by atoms with Crippen LogP contribution >= 0.6 is 0 Å². The molecule has 1 fully saturated rings. The van der Waals surface area contributed by atoms with E-state index in [-0.39, 0.29) is 68.6 Å². The summed E-state index contributed by atoms with van der Waals surface area (Å²) in [6.07, 6.45) is 7.23. The van der Waals surface area contributed by atoms with Crippen molar-refractivity contribution in [3.63, 3.8) is 0 Å². The van der Waals surface area contributed by atoms with Crippen LogP contribution in [0.4, 0.5) is 5.69 Å². The number of hydroxylamine groups is 2. The number of hydrogen-bond donors (Lipinski definition) is 3. The number of rotatable bonds is 43. The van der Waals surface area contributed by atoms with Crippen LogP contribution in [0, 0.1) is 5.92 Å². The average Bonchev–Trinajstić information content (AvgIpc) is 3.96. The Hall–Kier alpha value is -5.32. The summed E-state index contributed by atoms with van der Waals surface area (Å²) in [5.74, 6) is -1.69. The van der Waals surface area contributed by atoms with Crippen LogP contribution in [0.5, 0.6) is 0 Å². The molecule has 1 atom stereocenters. The average molecular weight is 1060 g/mol. The van der Waals surface area contributed by atoms with Gasteiger partial charge in [0, 0.05) is 69.5 Å². The van der Waals surface area contributed by atoms with Crippen molar-refractivity contribution >= 4 is 53.0 Å². The van der Waals surface area contributed by atoms with Crippen molar-refractivity contribution < 1.29 is 81.0 Å². The molecule has 4 N–H and O–H groups in total. The van der Waals surface area contributed by atoms with Gasteiger partial charge in [-0.2, -0.15) is 0 Å². The Kier molecular flexibility index (Phi) is 31.7. The van der Waals surface area contributed by atoms with Gasteiger partial charge < -0.3 is 68.6 Å². The zero-order valence-corrected chi connectivity index (χ0v) is 43.6. The quantitative estimate of drug-likeness (QED) is 0.0448. The van der Waals surface area contributed by atoms with Gasteiger partial charge in [-0.3, -0.25) is 43.5 Å². The van der Waals surface area contributed by atoms with Crippen molar-refractivity contribution in [2.75, 3.05) is 178 Å². The highest BCUT2D eigenvalue weighted by Gasteiger charge is 2.29. The number of fused-ring (bicyclic) bond motifs is 1. The maximum atomic E-state index is 13.4. The Labute approximate surface area is 438 Å². The SMILES string of the molecule is CCCN(OCC)C(=O)C1=Cc2ncc(C(=O)N3CC[C@H](CNC(=O)CCOCCOCCOCCOCCOCCOCCOCCOCCOCCOCCNC(=O)CN4C(=O)C=CC4=O)C3)cc2N=C(N)C1. The van der Waals surface area contributed by atoms with Gasteiger partial charge in [-0.1, -0.05) is 6.92 Å². The first kappa shape index (κ1) is 62.2. The summed E-state index contributed by atoms with van der Waals surface area (Å²) in [5.41, 5.74) is 7.82. The number of carbonyl (C=O) groups excluding carboxylic acids is 6. The van der Waals surface area contributed by atoms with E-state index in [4.69, 9.17) is 57.9 Å². The van der Waals surface area contributed by atoms with Crippen molar-refractivity contribution in [3.05, 3.63) is 41.2 Å². The highest BCUT2D eigenvalue weighted by molar-refractivity contribution is 6.14. The third-order valence-corrected chi connectivity index (χ3v) is 11.1. The third-order valence-electron chi connectivity index (χ3n) is 11.1. The fourth-order valence-corrected chi connectivity index (χ4v) is 7.28. The molecule has 0 radical (unpaired) electrons. The molecule has 1 aromatic rings. The molecule has 4 heterocycles. The van der Waals surface area contributed by atoms with Crippen molar-refractivity contribution in [1.82, 2.24) is 30.5 Å². The molecule has 0 unspecified atom stereocenters. The summed E-state index contributed by atoms with van der Waals surface area (Å²) in [7, 11) is 0. The maximum Gasteiger partial charge on any atom is 0.273 e. The van der Waals surface area contributed by atoms with Gasteiger partial charge >= 0.3 is 0 Å². The number of amidine groups is 1. The van der Waals surface area contributed by atoms with Crippen LogP contribution in [0.2, 0.25) is 0 Å². The molecule has 75 heavy (non-hydrogen) atoms. The first-order valence-corrected chi connectivity index (χ1v) is 25.7. The van der Waals surface area contributed by atoms with E-state index in [1.165, 1.54) is 11.3 Å². The lowest BCUT2D eigenvalue weighted by Crippen LogP contribution is -2.41. The molecular weight excluding hydrogens is 985 g/mol. The molecule has 6 amide bonds. The second-order valence-electron chi connectivity index (χ2n) is 16.9. The van der Waals surface area contributed by atoms with Crippen molar-refractivity contribution in [2.24, 2.45) is 16.6 Å². The molecular formula is C50H78N8O17. The van der Waals surface area contributed by atoms with E-state index >= 15 is 0 Å². The Balaban J connectivity index is 0.841. The predicted molar refractivity (Wildman–Crippen MR) is 270 cm³/mol. The number of nitrogens with one attached hydrogen (secondary N) is 2. The van der Waals surface area contributed by atoms with E-state index < -0.39 is 17.7 Å². The van der Waals surface area contributed by atoms with Crippen LogP contribution in [0.15, 0.2) is 35.0 Å². The van der Waals surface area contributed by atoms with Gasteiger partial charge in [-0.05, 0) is 37.8 Å². The second kappa shape index (κ2) is 38.3. The third kappa shape index (κ3) is 25.9. The van der Waals surface area contributed by atoms with Crippen molar-refractivity contribution in [1.29, 1.82) is 0 Å². The lowest BCUT2D eigenvalue weighted by Gasteiger charge is -2.21. The summed E-state index contributed by atoms with van der Waals surface area (Å²) < 4.78 is 54.9. The number of pyridine rings is 1. The number of hydrogen-bond acceptors (Lipinski definition) is 20. The Morgan fingerprint density at radius 2 is 1.20 bits per heavy atom.